The minimum absolute atomic E-state index is 0.00204. The van der Waals surface area contributed by atoms with Crippen LogP contribution in [0.5, 0.6) is 5.75 Å². The van der Waals surface area contributed by atoms with E-state index in [0.717, 1.165) is 28.4 Å². The van der Waals surface area contributed by atoms with Crippen LogP contribution >= 0.6 is 15.9 Å². The molecule has 1 aromatic carbocycles. The Morgan fingerprint density at radius 1 is 1.38 bits per heavy atom. The molecule has 2 rings (SSSR count). The second-order valence-electron chi connectivity index (χ2n) is 4.76. The van der Waals surface area contributed by atoms with E-state index >= 15 is 0 Å². The van der Waals surface area contributed by atoms with Crippen LogP contribution in [0.2, 0.25) is 0 Å². The number of phenolic OH excluding ortho intramolecular Hbond substituents is 1. The maximum atomic E-state index is 10.1. The number of aromatic hydroxyl groups is 1. The molecule has 3 heteroatoms. The molecule has 2 nitrogen and oxygen atoms in total. The van der Waals surface area contributed by atoms with Gasteiger partial charge in [-0.3, -0.25) is 0 Å². The molecular formula is C13H18BrNO. The average molecular weight is 284 g/mol. The van der Waals surface area contributed by atoms with Crippen LogP contribution in [0.4, 0.5) is 0 Å². The summed E-state index contributed by atoms with van der Waals surface area (Å²) >= 11 is 3.53. The van der Waals surface area contributed by atoms with Crippen molar-refractivity contribution in [3.8, 4) is 5.75 Å². The molecule has 0 amide bonds. The first-order valence-corrected chi connectivity index (χ1v) is 6.59. The van der Waals surface area contributed by atoms with Crippen LogP contribution in [0.15, 0.2) is 16.6 Å². The van der Waals surface area contributed by atoms with E-state index in [2.05, 4.69) is 22.9 Å². The van der Waals surface area contributed by atoms with Gasteiger partial charge in [-0.05, 0) is 37.5 Å². The van der Waals surface area contributed by atoms with E-state index in [9.17, 15) is 5.11 Å². The van der Waals surface area contributed by atoms with Crippen LogP contribution < -0.4 is 5.73 Å². The highest BCUT2D eigenvalue weighted by molar-refractivity contribution is 9.10. The maximum Gasteiger partial charge on any atom is 0.119 e. The number of halogens is 1. The van der Waals surface area contributed by atoms with Crippen LogP contribution in [0.3, 0.4) is 0 Å². The third kappa shape index (κ3) is 1.76. The summed E-state index contributed by atoms with van der Waals surface area (Å²) < 4.78 is 1.06. The summed E-state index contributed by atoms with van der Waals surface area (Å²) in [5, 5.41) is 10.1. The van der Waals surface area contributed by atoms with Crippen molar-refractivity contribution in [1.29, 1.82) is 0 Å². The monoisotopic (exact) mass is 283 g/mol. The van der Waals surface area contributed by atoms with Crippen molar-refractivity contribution in [2.75, 3.05) is 6.54 Å². The third-order valence-electron chi connectivity index (χ3n) is 3.86. The Labute approximate surface area is 105 Å². The molecule has 0 radical (unpaired) electrons. The summed E-state index contributed by atoms with van der Waals surface area (Å²) in [6.07, 6.45) is 4.61. The Balaban J connectivity index is 2.57. The van der Waals surface area contributed by atoms with Gasteiger partial charge in [-0.2, -0.15) is 0 Å². The summed E-state index contributed by atoms with van der Waals surface area (Å²) in [5.74, 6) is 0.396. The molecule has 88 valence electrons. The second kappa shape index (κ2) is 4.38. The van der Waals surface area contributed by atoms with Gasteiger partial charge in [0, 0.05) is 22.0 Å². The zero-order valence-corrected chi connectivity index (χ0v) is 11.2. The predicted octanol–water partition coefficient (Wildman–Crippen LogP) is 3.23. The fourth-order valence-electron chi connectivity index (χ4n) is 2.95. The number of benzene rings is 1. The number of rotatable bonds is 2. The third-order valence-corrected chi connectivity index (χ3v) is 4.72. The highest BCUT2D eigenvalue weighted by atomic mass is 79.9. The molecule has 0 spiro atoms. The molecule has 1 fully saturated rings. The first-order valence-electron chi connectivity index (χ1n) is 5.79. The maximum absolute atomic E-state index is 10.1. The molecule has 1 aliphatic rings. The van der Waals surface area contributed by atoms with Gasteiger partial charge >= 0.3 is 0 Å². The molecule has 0 unspecified atom stereocenters. The first-order chi connectivity index (χ1) is 7.60. The summed E-state index contributed by atoms with van der Waals surface area (Å²) in [6, 6.07) is 3.66. The molecule has 16 heavy (non-hydrogen) atoms. The largest absolute Gasteiger partial charge is 0.508 e. The Kier molecular flexibility index (Phi) is 3.27. The molecule has 0 aromatic heterocycles. The lowest BCUT2D eigenvalue weighted by Crippen LogP contribution is -2.33. The molecule has 1 saturated carbocycles. The quantitative estimate of drug-likeness (QED) is 0.875. The van der Waals surface area contributed by atoms with Crippen LogP contribution in [-0.4, -0.2) is 11.7 Å². The Morgan fingerprint density at radius 2 is 2.00 bits per heavy atom. The van der Waals surface area contributed by atoms with Gasteiger partial charge in [-0.1, -0.05) is 28.8 Å². The molecular weight excluding hydrogens is 266 g/mol. The van der Waals surface area contributed by atoms with Gasteiger partial charge in [0.25, 0.3) is 0 Å². The van der Waals surface area contributed by atoms with Crippen molar-refractivity contribution in [3.63, 3.8) is 0 Å². The summed E-state index contributed by atoms with van der Waals surface area (Å²) in [4.78, 5) is 0. The minimum Gasteiger partial charge on any atom is -0.508 e. The Hall–Kier alpha value is -0.540. The average Bonchev–Trinajstić information content (AvgIpc) is 2.74. The fourth-order valence-corrected chi connectivity index (χ4v) is 3.28. The lowest BCUT2D eigenvalue weighted by atomic mass is 9.76. The van der Waals surface area contributed by atoms with Crippen molar-refractivity contribution in [3.05, 3.63) is 27.7 Å². The molecule has 3 N–H and O–H groups in total. The van der Waals surface area contributed by atoms with Gasteiger partial charge in [0.05, 0.1) is 0 Å². The van der Waals surface area contributed by atoms with Crippen LogP contribution in [0.1, 0.15) is 36.8 Å². The molecule has 0 heterocycles. The van der Waals surface area contributed by atoms with Gasteiger partial charge < -0.3 is 10.8 Å². The molecule has 0 bridgehead atoms. The number of hydrogen-bond acceptors (Lipinski definition) is 2. The molecule has 1 aliphatic carbocycles. The minimum atomic E-state index is -0.00204. The number of phenols is 1. The smallest absolute Gasteiger partial charge is 0.119 e. The van der Waals surface area contributed by atoms with Gasteiger partial charge in [-0.25, -0.2) is 0 Å². The standard InChI is InChI=1S/C13H18BrNO/c1-9-10(14)4-5-11(16)12(9)13(8-15)6-2-3-7-13/h4-5,16H,2-3,6-8,15H2,1H3. The van der Waals surface area contributed by atoms with E-state index in [-0.39, 0.29) is 5.41 Å². The molecule has 1 aromatic rings. The van der Waals surface area contributed by atoms with Gasteiger partial charge in [0.15, 0.2) is 0 Å². The van der Waals surface area contributed by atoms with Crippen molar-refractivity contribution >= 4 is 15.9 Å². The summed E-state index contributed by atoms with van der Waals surface area (Å²) in [7, 11) is 0. The van der Waals surface area contributed by atoms with E-state index < -0.39 is 0 Å². The van der Waals surface area contributed by atoms with Crippen LogP contribution in [0, 0.1) is 6.92 Å². The highest BCUT2D eigenvalue weighted by Gasteiger charge is 2.37. The van der Waals surface area contributed by atoms with Gasteiger partial charge in [0.2, 0.25) is 0 Å². The summed E-state index contributed by atoms with van der Waals surface area (Å²) in [6.45, 7) is 2.67. The van der Waals surface area contributed by atoms with Gasteiger partial charge in [0.1, 0.15) is 5.75 Å². The van der Waals surface area contributed by atoms with Gasteiger partial charge in [-0.15, -0.1) is 0 Å². The van der Waals surface area contributed by atoms with E-state index in [0.29, 0.717) is 12.3 Å². The topological polar surface area (TPSA) is 46.2 Å². The first kappa shape index (κ1) is 11.9. The van der Waals surface area contributed by atoms with E-state index in [1.807, 2.05) is 6.07 Å². The summed E-state index contributed by atoms with van der Waals surface area (Å²) in [5.41, 5.74) is 8.15. The van der Waals surface area contributed by atoms with Crippen molar-refractivity contribution in [1.82, 2.24) is 0 Å². The number of hydrogen-bond donors (Lipinski definition) is 2. The van der Waals surface area contributed by atoms with E-state index in [4.69, 9.17) is 5.73 Å². The Morgan fingerprint density at radius 3 is 2.56 bits per heavy atom. The Bertz CT molecular complexity index is 397. The van der Waals surface area contributed by atoms with Crippen LogP contribution in [-0.2, 0) is 5.41 Å². The highest BCUT2D eigenvalue weighted by Crippen LogP contribution is 2.46. The van der Waals surface area contributed by atoms with Crippen molar-refractivity contribution in [2.24, 2.45) is 5.73 Å². The second-order valence-corrected chi connectivity index (χ2v) is 5.61. The van der Waals surface area contributed by atoms with Crippen LogP contribution in [0.25, 0.3) is 0 Å². The number of nitrogens with two attached hydrogens (primary N) is 1. The zero-order valence-electron chi connectivity index (χ0n) is 9.59. The lowest BCUT2D eigenvalue weighted by Gasteiger charge is -2.30. The zero-order chi connectivity index (χ0) is 11.8. The van der Waals surface area contributed by atoms with Crippen molar-refractivity contribution in [2.45, 2.75) is 38.0 Å². The lowest BCUT2D eigenvalue weighted by molar-refractivity contribution is 0.403. The van der Waals surface area contributed by atoms with E-state index in [1.165, 1.54) is 12.8 Å². The van der Waals surface area contributed by atoms with Crippen molar-refractivity contribution < 1.29 is 5.11 Å². The molecule has 0 saturated heterocycles. The normalized spacial score (nSPS) is 18.9. The molecule has 0 atom stereocenters. The fraction of sp³-hybridized carbons (Fsp3) is 0.538. The predicted molar refractivity (Wildman–Crippen MR) is 69.7 cm³/mol. The SMILES string of the molecule is Cc1c(Br)ccc(O)c1C1(CN)CCCC1. The van der Waals surface area contributed by atoms with E-state index in [1.54, 1.807) is 6.07 Å². The molecule has 0 aliphatic heterocycles.